The first-order valence-corrected chi connectivity index (χ1v) is 6.84. The van der Waals surface area contributed by atoms with E-state index in [1.165, 1.54) is 0 Å². The molecule has 0 saturated heterocycles. The summed E-state index contributed by atoms with van der Waals surface area (Å²) in [6, 6.07) is 15.7. The molecule has 0 spiro atoms. The van der Waals surface area contributed by atoms with E-state index in [1.54, 1.807) is 6.20 Å². The highest BCUT2D eigenvalue weighted by molar-refractivity contribution is 5.25. The molecule has 1 atom stereocenters. The topological polar surface area (TPSA) is 77.8 Å². The summed E-state index contributed by atoms with van der Waals surface area (Å²) in [6.45, 7) is 0.426. The third kappa shape index (κ3) is 3.14. The Bertz CT molecular complexity index is 682. The van der Waals surface area contributed by atoms with Crippen LogP contribution >= 0.6 is 0 Å². The van der Waals surface area contributed by atoms with Gasteiger partial charge in [0.1, 0.15) is 0 Å². The molecule has 0 radical (unpaired) electrons. The summed E-state index contributed by atoms with van der Waals surface area (Å²) in [5.74, 6) is 1.10. The van der Waals surface area contributed by atoms with Crippen LogP contribution in [0.25, 0.3) is 0 Å². The van der Waals surface area contributed by atoms with Gasteiger partial charge in [0.25, 0.3) is 0 Å². The average molecular weight is 280 g/mol. The van der Waals surface area contributed by atoms with Crippen molar-refractivity contribution in [2.45, 2.75) is 12.3 Å². The maximum absolute atomic E-state index is 5.86. The van der Waals surface area contributed by atoms with Gasteiger partial charge in [0.15, 0.2) is 5.82 Å². The maximum atomic E-state index is 5.86. The van der Waals surface area contributed by atoms with Crippen LogP contribution in [0.2, 0.25) is 0 Å². The normalized spacial score (nSPS) is 12.2. The summed E-state index contributed by atoms with van der Waals surface area (Å²) in [6.07, 6.45) is 2.30. The molecule has 0 aliphatic carbocycles. The third-order valence-electron chi connectivity index (χ3n) is 3.28. The van der Waals surface area contributed by atoms with Gasteiger partial charge in [0, 0.05) is 18.4 Å². The molecule has 2 aromatic heterocycles. The van der Waals surface area contributed by atoms with Crippen molar-refractivity contribution in [1.82, 2.24) is 15.1 Å². The molecule has 3 aromatic rings. The largest absolute Gasteiger partial charge is 0.339 e. The number of benzene rings is 1. The van der Waals surface area contributed by atoms with E-state index in [4.69, 9.17) is 10.3 Å². The molecule has 5 nitrogen and oxygen atoms in total. The van der Waals surface area contributed by atoms with Crippen molar-refractivity contribution in [3.63, 3.8) is 0 Å². The van der Waals surface area contributed by atoms with Crippen LogP contribution in [0.15, 0.2) is 59.3 Å². The summed E-state index contributed by atoms with van der Waals surface area (Å²) < 4.78 is 5.38. The van der Waals surface area contributed by atoms with Gasteiger partial charge in [-0.3, -0.25) is 4.98 Å². The Balaban J connectivity index is 1.80. The Labute approximate surface area is 122 Å². The minimum atomic E-state index is -0.0730. The number of nitrogens with zero attached hydrogens (tertiary/aromatic N) is 3. The van der Waals surface area contributed by atoms with E-state index in [9.17, 15) is 0 Å². The lowest BCUT2D eigenvalue weighted by atomic mass is 9.99. The van der Waals surface area contributed by atoms with E-state index in [0.717, 1.165) is 11.3 Å². The smallest absolute Gasteiger partial charge is 0.235 e. The Hall–Kier alpha value is -2.53. The fourth-order valence-electron chi connectivity index (χ4n) is 2.21. The molecule has 106 valence electrons. The van der Waals surface area contributed by atoms with Crippen molar-refractivity contribution in [3.8, 4) is 0 Å². The van der Waals surface area contributed by atoms with Gasteiger partial charge in [0.2, 0.25) is 5.89 Å². The highest BCUT2D eigenvalue weighted by Gasteiger charge is 2.19. The van der Waals surface area contributed by atoms with Crippen LogP contribution < -0.4 is 5.73 Å². The molecule has 0 bridgehead atoms. The zero-order valence-corrected chi connectivity index (χ0v) is 11.5. The monoisotopic (exact) mass is 280 g/mol. The van der Waals surface area contributed by atoms with E-state index >= 15 is 0 Å². The molecule has 21 heavy (non-hydrogen) atoms. The van der Waals surface area contributed by atoms with Crippen LogP contribution in [0, 0.1) is 0 Å². The first-order chi connectivity index (χ1) is 10.4. The fourth-order valence-corrected chi connectivity index (χ4v) is 2.21. The fraction of sp³-hybridized carbons (Fsp3) is 0.188. The zero-order valence-electron chi connectivity index (χ0n) is 11.5. The highest BCUT2D eigenvalue weighted by atomic mass is 16.5. The summed E-state index contributed by atoms with van der Waals surface area (Å²) in [4.78, 5) is 8.72. The van der Waals surface area contributed by atoms with Crippen molar-refractivity contribution < 1.29 is 4.52 Å². The Morgan fingerprint density at radius 3 is 2.57 bits per heavy atom. The molecule has 0 aliphatic heterocycles. The number of aromatic nitrogens is 3. The van der Waals surface area contributed by atoms with Crippen LogP contribution in [-0.4, -0.2) is 21.7 Å². The second kappa shape index (κ2) is 6.28. The van der Waals surface area contributed by atoms with Gasteiger partial charge in [-0.15, -0.1) is 0 Å². The molecule has 2 N–H and O–H groups in total. The van der Waals surface area contributed by atoms with Gasteiger partial charge in [-0.1, -0.05) is 41.6 Å². The van der Waals surface area contributed by atoms with Gasteiger partial charge < -0.3 is 10.3 Å². The predicted molar refractivity (Wildman–Crippen MR) is 78.7 cm³/mol. The molecule has 1 aromatic carbocycles. The van der Waals surface area contributed by atoms with Crippen LogP contribution in [0.1, 0.15) is 28.9 Å². The lowest BCUT2D eigenvalue weighted by Crippen LogP contribution is -2.14. The first kappa shape index (κ1) is 13.5. The minimum Gasteiger partial charge on any atom is -0.339 e. The summed E-state index contributed by atoms with van der Waals surface area (Å²) in [5.41, 5.74) is 7.85. The van der Waals surface area contributed by atoms with Crippen molar-refractivity contribution in [2.24, 2.45) is 5.73 Å². The second-order valence-electron chi connectivity index (χ2n) is 4.75. The second-order valence-corrected chi connectivity index (χ2v) is 4.75. The summed E-state index contributed by atoms with van der Waals surface area (Å²) >= 11 is 0. The van der Waals surface area contributed by atoms with E-state index in [-0.39, 0.29) is 5.92 Å². The number of nitrogens with two attached hydrogens (primary N) is 1. The molecule has 0 amide bonds. The Morgan fingerprint density at radius 1 is 1.05 bits per heavy atom. The molecule has 2 heterocycles. The van der Waals surface area contributed by atoms with Crippen LogP contribution in [0.5, 0.6) is 0 Å². The van der Waals surface area contributed by atoms with Gasteiger partial charge in [0.05, 0.1) is 12.3 Å². The van der Waals surface area contributed by atoms with E-state index < -0.39 is 0 Å². The van der Waals surface area contributed by atoms with Crippen molar-refractivity contribution >= 4 is 0 Å². The van der Waals surface area contributed by atoms with Crippen molar-refractivity contribution in [3.05, 3.63) is 77.7 Å². The van der Waals surface area contributed by atoms with Crippen LogP contribution in [0.4, 0.5) is 0 Å². The number of rotatable bonds is 5. The first-order valence-electron chi connectivity index (χ1n) is 6.84. The van der Waals surface area contributed by atoms with Gasteiger partial charge in [-0.2, -0.15) is 4.98 Å². The lowest BCUT2D eigenvalue weighted by molar-refractivity contribution is 0.362. The van der Waals surface area contributed by atoms with E-state index in [0.29, 0.717) is 24.7 Å². The highest BCUT2D eigenvalue weighted by Crippen LogP contribution is 2.22. The molecule has 5 heteroatoms. The van der Waals surface area contributed by atoms with Crippen molar-refractivity contribution in [2.75, 3.05) is 6.54 Å². The number of hydrogen-bond donors (Lipinski definition) is 1. The average Bonchev–Trinajstić information content (AvgIpc) is 2.98. The summed E-state index contributed by atoms with van der Waals surface area (Å²) in [7, 11) is 0. The maximum Gasteiger partial charge on any atom is 0.235 e. The number of hydrogen-bond acceptors (Lipinski definition) is 5. The SMILES string of the molecule is NCC(c1ccccc1)c1nc(Cc2ccccn2)no1. The summed E-state index contributed by atoms with van der Waals surface area (Å²) in [5, 5.41) is 4.02. The Morgan fingerprint density at radius 2 is 1.86 bits per heavy atom. The zero-order chi connectivity index (χ0) is 14.5. The Kier molecular flexibility index (Phi) is 4.02. The molecule has 1 unspecified atom stereocenters. The third-order valence-corrected chi connectivity index (χ3v) is 3.28. The molecule has 0 saturated carbocycles. The standard InChI is InChI=1S/C16H16N4O/c17-11-14(12-6-2-1-3-7-12)16-19-15(20-21-16)10-13-8-4-5-9-18-13/h1-9,14H,10-11,17H2. The molecular formula is C16H16N4O. The van der Waals surface area contributed by atoms with E-state index in [1.807, 2.05) is 48.5 Å². The minimum absolute atomic E-state index is 0.0730. The number of pyridine rings is 1. The van der Waals surface area contributed by atoms with Crippen LogP contribution in [-0.2, 0) is 6.42 Å². The van der Waals surface area contributed by atoms with Crippen molar-refractivity contribution in [1.29, 1.82) is 0 Å². The van der Waals surface area contributed by atoms with Gasteiger partial charge >= 0.3 is 0 Å². The van der Waals surface area contributed by atoms with E-state index in [2.05, 4.69) is 15.1 Å². The van der Waals surface area contributed by atoms with Gasteiger partial charge in [-0.25, -0.2) is 0 Å². The predicted octanol–water partition coefficient (Wildman–Crippen LogP) is 2.15. The molecule has 3 rings (SSSR count). The molecular weight excluding hydrogens is 264 g/mol. The lowest BCUT2D eigenvalue weighted by Gasteiger charge is -2.09. The molecule has 0 aliphatic rings. The molecule has 0 fully saturated rings. The van der Waals surface area contributed by atoms with Crippen LogP contribution in [0.3, 0.4) is 0 Å². The van der Waals surface area contributed by atoms with Gasteiger partial charge in [-0.05, 0) is 17.7 Å². The quantitative estimate of drug-likeness (QED) is 0.774.